The van der Waals surface area contributed by atoms with Crippen LogP contribution in [0.1, 0.15) is 25.5 Å². The van der Waals surface area contributed by atoms with Crippen molar-refractivity contribution in [2.75, 3.05) is 0 Å². The topological polar surface area (TPSA) is 48.9 Å². The molecule has 114 valence electrons. The Bertz CT molecular complexity index is 631. The second-order valence-corrected chi connectivity index (χ2v) is 5.08. The van der Waals surface area contributed by atoms with E-state index in [9.17, 15) is 0 Å². The van der Waals surface area contributed by atoms with Crippen LogP contribution in [0, 0.1) is 0 Å². The summed E-state index contributed by atoms with van der Waals surface area (Å²) >= 11 is 0. The molecule has 22 heavy (non-hydrogen) atoms. The number of aromatic amines is 1. The molecule has 0 saturated carbocycles. The van der Waals surface area contributed by atoms with Crippen molar-refractivity contribution in [1.29, 1.82) is 0 Å². The number of imidazole rings is 1. The van der Waals surface area contributed by atoms with E-state index in [-0.39, 0.29) is 0 Å². The van der Waals surface area contributed by atoms with E-state index in [4.69, 9.17) is 5.11 Å². The van der Waals surface area contributed by atoms with Crippen LogP contribution in [0.15, 0.2) is 67.1 Å². The van der Waals surface area contributed by atoms with Gasteiger partial charge in [0.25, 0.3) is 0 Å². The molecule has 0 aliphatic rings. The van der Waals surface area contributed by atoms with Gasteiger partial charge in [-0.3, -0.25) is 0 Å². The maximum absolute atomic E-state index is 9.10. The Morgan fingerprint density at radius 3 is 2.23 bits per heavy atom. The minimum absolute atomic E-state index is 0.305. The van der Waals surface area contributed by atoms with E-state index in [1.165, 1.54) is 24.1 Å². The van der Waals surface area contributed by atoms with Crippen LogP contribution >= 0.6 is 0 Å². The largest absolute Gasteiger partial charge is 0.508 e. The van der Waals surface area contributed by atoms with Gasteiger partial charge in [-0.05, 0) is 36.1 Å². The smallest absolute Gasteiger partial charge is 0.115 e. The van der Waals surface area contributed by atoms with Gasteiger partial charge in [-0.2, -0.15) is 0 Å². The number of H-pyrrole nitrogens is 1. The van der Waals surface area contributed by atoms with Crippen molar-refractivity contribution < 1.29 is 5.11 Å². The zero-order valence-corrected chi connectivity index (χ0v) is 12.9. The number of hydrogen-bond acceptors (Lipinski definition) is 2. The van der Waals surface area contributed by atoms with Gasteiger partial charge in [0.15, 0.2) is 0 Å². The summed E-state index contributed by atoms with van der Waals surface area (Å²) in [6.45, 7) is 2.19. The average Bonchev–Trinajstić information content (AvgIpc) is 3.08. The number of hydrogen-bond donors (Lipinski definition) is 2. The molecule has 0 saturated heterocycles. The van der Waals surface area contributed by atoms with Crippen molar-refractivity contribution >= 4 is 0 Å². The Labute approximate surface area is 131 Å². The molecule has 2 N–H and O–H groups in total. The summed E-state index contributed by atoms with van der Waals surface area (Å²) in [5, 5.41) is 9.10. The van der Waals surface area contributed by atoms with Crippen LogP contribution < -0.4 is 0 Å². The summed E-state index contributed by atoms with van der Waals surface area (Å²) < 4.78 is 0. The molecule has 0 aliphatic carbocycles. The fourth-order valence-corrected chi connectivity index (χ4v) is 2.07. The molecule has 0 fully saturated rings. The van der Waals surface area contributed by atoms with Crippen LogP contribution in [0.3, 0.4) is 0 Å². The Kier molecular flexibility index (Phi) is 6.24. The second kappa shape index (κ2) is 8.67. The lowest BCUT2D eigenvalue weighted by Crippen LogP contribution is -1.82. The van der Waals surface area contributed by atoms with Crippen LogP contribution in [0.5, 0.6) is 5.75 Å². The molecule has 1 aromatic heterocycles. The number of phenolic OH excluding ortho intramolecular Hbond substituents is 1. The molecule has 2 aromatic carbocycles. The number of unbranched alkanes of at least 4 members (excludes halogenated alkanes) is 1. The molecule has 3 heteroatoms. The fraction of sp³-hybridized carbons (Fsp3) is 0.211. The normalized spacial score (nSPS) is 9.86. The average molecular weight is 294 g/mol. The number of nitrogens with zero attached hydrogens (tertiary/aromatic N) is 1. The third-order valence-electron chi connectivity index (χ3n) is 3.32. The zero-order chi connectivity index (χ0) is 15.6. The van der Waals surface area contributed by atoms with E-state index in [2.05, 4.69) is 16.9 Å². The fourth-order valence-electron chi connectivity index (χ4n) is 2.07. The summed E-state index contributed by atoms with van der Waals surface area (Å²) in [5.74, 6) is 0.305. The molecule has 0 aliphatic heterocycles. The Morgan fingerprint density at radius 1 is 0.955 bits per heavy atom. The van der Waals surface area contributed by atoms with Gasteiger partial charge >= 0.3 is 0 Å². The van der Waals surface area contributed by atoms with Gasteiger partial charge in [-0.1, -0.05) is 55.8 Å². The predicted octanol–water partition coefficient (Wildman–Crippen LogP) is 4.81. The first-order valence-electron chi connectivity index (χ1n) is 7.61. The van der Waals surface area contributed by atoms with Crippen LogP contribution in [-0.2, 0) is 6.42 Å². The molecule has 1 heterocycles. The zero-order valence-electron chi connectivity index (χ0n) is 12.9. The highest BCUT2D eigenvalue weighted by molar-refractivity contribution is 5.63. The Morgan fingerprint density at radius 2 is 1.64 bits per heavy atom. The van der Waals surface area contributed by atoms with Gasteiger partial charge in [0.2, 0.25) is 0 Å². The standard InChI is InChI=1S/C12H10O.C7H12N2/c13-12-8-6-11(7-9-12)10-4-2-1-3-5-10;1-2-3-4-7-5-8-6-9-7/h1-9,13H;5-6H,2-4H2,1H3,(H,8,9). The highest BCUT2D eigenvalue weighted by Crippen LogP contribution is 2.20. The lowest BCUT2D eigenvalue weighted by Gasteiger charge is -2.00. The van der Waals surface area contributed by atoms with Crippen molar-refractivity contribution in [3.05, 3.63) is 72.8 Å². The third-order valence-corrected chi connectivity index (χ3v) is 3.32. The van der Waals surface area contributed by atoms with Gasteiger partial charge in [-0.25, -0.2) is 4.98 Å². The molecule has 0 amide bonds. The van der Waals surface area contributed by atoms with Crippen molar-refractivity contribution in [3.8, 4) is 16.9 Å². The maximum atomic E-state index is 9.10. The van der Waals surface area contributed by atoms with Gasteiger partial charge < -0.3 is 10.1 Å². The van der Waals surface area contributed by atoms with Crippen molar-refractivity contribution in [1.82, 2.24) is 9.97 Å². The monoisotopic (exact) mass is 294 g/mol. The van der Waals surface area contributed by atoms with Crippen LogP contribution in [0.25, 0.3) is 11.1 Å². The number of aromatic hydroxyl groups is 1. The molecular weight excluding hydrogens is 272 g/mol. The van der Waals surface area contributed by atoms with Gasteiger partial charge in [0, 0.05) is 6.20 Å². The van der Waals surface area contributed by atoms with Gasteiger partial charge in [0.05, 0.1) is 12.0 Å². The van der Waals surface area contributed by atoms with E-state index < -0.39 is 0 Å². The van der Waals surface area contributed by atoms with Crippen LogP contribution in [0.4, 0.5) is 0 Å². The molecule has 0 atom stereocenters. The minimum atomic E-state index is 0.305. The summed E-state index contributed by atoms with van der Waals surface area (Å²) in [4.78, 5) is 7.03. The van der Waals surface area contributed by atoms with Crippen molar-refractivity contribution in [2.24, 2.45) is 0 Å². The third kappa shape index (κ3) is 5.09. The van der Waals surface area contributed by atoms with E-state index in [0.717, 1.165) is 12.0 Å². The minimum Gasteiger partial charge on any atom is -0.508 e. The maximum Gasteiger partial charge on any atom is 0.115 e. The number of benzene rings is 2. The number of phenols is 1. The highest BCUT2D eigenvalue weighted by atomic mass is 16.3. The molecule has 3 rings (SSSR count). The Hall–Kier alpha value is -2.55. The summed E-state index contributed by atoms with van der Waals surface area (Å²) in [7, 11) is 0. The number of rotatable bonds is 4. The lowest BCUT2D eigenvalue weighted by atomic mass is 10.1. The van der Waals surface area contributed by atoms with Crippen LogP contribution in [-0.4, -0.2) is 15.1 Å². The quantitative estimate of drug-likeness (QED) is 0.725. The molecule has 0 spiro atoms. The molecule has 0 bridgehead atoms. The molecular formula is C19H22N2O. The highest BCUT2D eigenvalue weighted by Gasteiger charge is 1.94. The number of nitrogens with one attached hydrogen (secondary N) is 1. The van der Waals surface area contributed by atoms with Crippen LogP contribution in [0.2, 0.25) is 0 Å². The first-order chi connectivity index (χ1) is 10.8. The van der Waals surface area contributed by atoms with E-state index in [1.807, 2.05) is 48.7 Å². The molecule has 3 nitrogen and oxygen atoms in total. The van der Waals surface area contributed by atoms with E-state index in [0.29, 0.717) is 5.75 Å². The molecule has 0 radical (unpaired) electrons. The van der Waals surface area contributed by atoms with Gasteiger partial charge in [0.1, 0.15) is 5.75 Å². The van der Waals surface area contributed by atoms with E-state index in [1.54, 1.807) is 18.5 Å². The SMILES string of the molecule is CCCCc1c[nH]cn1.Oc1ccc(-c2ccccc2)cc1. The first-order valence-corrected chi connectivity index (χ1v) is 7.61. The molecule has 3 aromatic rings. The lowest BCUT2D eigenvalue weighted by molar-refractivity contribution is 0.475. The predicted molar refractivity (Wildman–Crippen MR) is 90.7 cm³/mol. The second-order valence-electron chi connectivity index (χ2n) is 5.08. The summed E-state index contributed by atoms with van der Waals surface area (Å²) in [6, 6.07) is 17.3. The van der Waals surface area contributed by atoms with Crippen molar-refractivity contribution in [3.63, 3.8) is 0 Å². The van der Waals surface area contributed by atoms with Crippen molar-refractivity contribution in [2.45, 2.75) is 26.2 Å². The first kappa shape index (κ1) is 15.8. The summed E-state index contributed by atoms with van der Waals surface area (Å²) in [6.07, 6.45) is 7.28. The summed E-state index contributed by atoms with van der Waals surface area (Å²) in [5.41, 5.74) is 3.47. The molecule has 0 unspecified atom stereocenters. The number of aromatic nitrogens is 2. The number of aryl methyl sites for hydroxylation is 1. The van der Waals surface area contributed by atoms with Gasteiger partial charge in [-0.15, -0.1) is 0 Å². The van der Waals surface area contributed by atoms with E-state index >= 15 is 0 Å². The Balaban J connectivity index is 0.000000172.